The number of nitrogens with zero attached hydrogens (tertiary/aromatic N) is 3. The number of nitrogens with one attached hydrogen (secondary N) is 1. The Morgan fingerprint density at radius 3 is 2.77 bits per heavy atom. The lowest BCUT2D eigenvalue weighted by Gasteiger charge is -2.34. The molecule has 2 unspecified atom stereocenters. The van der Waals surface area contributed by atoms with E-state index in [4.69, 9.17) is 4.52 Å². The summed E-state index contributed by atoms with van der Waals surface area (Å²) in [6, 6.07) is 12.6. The van der Waals surface area contributed by atoms with E-state index >= 15 is 0 Å². The highest BCUT2D eigenvalue weighted by atomic mass is 16.5. The van der Waals surface area contributed by atoms with E-state index in [-0.39, 0.29) is 0 Å². The van der Waals surface area contributed by atoms with E-state index in [1.807, 2.05) is 6.07 Å². The second-order valence-corrected chi connectivity index (χ2v) is 9.31. The number of aromatic nitrogens is 1. The minimum atomic E-state index is 0.347. The van der Waals surface area contributed by atoms with Gasteiger partial charge in [0.15, 0.2) is 5.76 Å². The topological polar surface area (TPSA) is 61.6 Å². The maximum absolute atomic E-state index is 12.8. The van der Waals surface area contributed by atoms with Gasteiger partial charge >= 0.3 is 0 Å². The average molecular weight is 425 g/mol. The molecular formula is C25H36N4O2. The van der Waals surface area contributed by atoms with E-state index in [0.29, 0.717) is 24.2 Å². The fourth-order valence-electron chi connectivity index (χ4n) is 4.99. The van der Waals surface area contributed by atoms with Crippen LogP contribution in [0.5, 0.6) is 0 Å². The number of carbonyl (C=O) groups is 1. The molecule has 2 aromatic rings. The molecular weight excluding hydrogens is 388 g/mol. The van der Waals surface area contributed by atoms with Gasteiger partial charge in [-0.3, -0.25) is 9.69 Å². The first-order valence-electron chi connectivity index (χ1n) is 11.8. The standard InChI is InChI=1S/C25H36N4O2/c1-28(18-20-8-4-2-5-9-20)19-24-16-23(27-31-24)14-22-17-26-11-10-21(22)15-25(30)29-12-6-3-7-13-29/h2,4-5,8-9,16,21-22,26H,3,6-7,10-15,17-19H2,1H3. The first kappa shape index (κ1) is 22.0. The molecule has 168 valence electrons. The minimum absolute atomic E-state index is 0.347. The van der Waals surface area contributed by atoms with Crippen LogP contribution in [0.25, 0.3) is 0 Å². The number of piperidine rings is 2. The summed E-state index contributed by atoms with van der Waals surface area (Å²) in [6.07, 6.45) is 6.18. The molecule has 0 bridgehead atoms. The summed E-state index contributed by atoms with van der Waals surface area (Å²) in [5.74, 6) is 2.11. The van der Waals surface area contributed by atoms with Crippen LogP contribution in [0.3, 0.4) is 0 Å². The molecule has 31 heavy (non-hydrogen) atoms. The summed E-state index contributed by atoms with van der Waals surface area (Å²) < 4.78 is 5.64. The van der Waals surface area contributed by atoms with Crippen LogP contribution >= 0.6 is 0 Å². The lowest BCUT2D eigenvalue weighted by molar-refractivity contribution is -0.133. The Morgan fingerprint density at radius 1 is 1.16 bits per heavy atom. The minimum Gasteiger partial charge on any atom is -0.360 e. The van der Waals surface area contributed by atoms with Gasteiger partial charge in [0.05, 0.1) is 12.2 Å². The first-order chi connectivity index (χ1) is 15.2. The van der Waals surface area contributed by atoms with Crippen LogP contribution < -0.4 is 5.32 Å². The van der Waals surface area contributed by atoms with Crippen molar-refractivity contribution in [3.63, 3.8) is 0 Å². The molecule has 3 heterocycles. The lowest BCUT2D eigenvalue weighted by Crippen LogP contribution is -2.42. The van der Waals surface area contributed by atoms with Crippen LogP contribution in [-0.4, -0.2) is 54.1 Å². The monoisotopic (exact) mass is 424 g/mol. The third kappa shape index (κ3) is 6.40. The van der Waals surface area contributed by atoms with Crippen molar-refractivity contribution in [2.24, 2.45) is 11.8 Å². The second-order valence-electron chi connectivity index (χ2n) is 9.31. The van der Waals surface area contributed by atoms with Crippen molar-refractivity contribution in [1.29, 1.82) is 0 Å². The summed E-state index contributed by atoms with van der Waals surface area (Å²) in [7, 11) is 2.10. The van der Waals surface area contributed by atoms with Gasteiger partial charge in [-0.15, -0.1) is 0 Å². The molecule has 0 spiro atoms. The summed E-state index contributed by atoms with van der Waals surface area (Å²) in [6.45, 7) is 5.46. The zero-order chi connectivity index (χ0) is 21.5. The normalized spacial score (nSPS) is 22.1. The van der Waals surface area contributed by atoms with Crippen LogP contribution in [0.15, 0.2) is 40.9 Å². The van der Waals surface area contributed by atoms with Crippen LogP contribution in [0, 0.1) is 11.8 Å². The Kier molecular flexibility index (Phi) is 7.76. The Bertz CT molecular complexity index is 816. The quantitative estimate of drug-likeness (QED) is 0.703. The van der Waals surface area contributed by atoms with Crippen molar-refractivity contribution in [3.8, 4) is 0 Å². The number of likely N-dealkylation sites (tertiary alicyclic amines) is 1. The predicted molar refractivity (Wildman–Crippen MR) is 121 cm³/mol. The molecule has 1 amide bonds. The van der Waals surface area contributed by atoms with Crippen LogP contribution in [0.2, 0.25) is 0 Å². The van der Waals surface area contributed by atoms with Crippen molar-refractivity contribution < 1.29 is 9.32 Å². The molecule has 2 atom stereocenters. The predicted octanol–water partition coefficient (Wildman–Crippen LogP) is 3.48. The van der Waals surface area contributed by atoms with Crippen molar-refractivity contribution in [2.45, 2.75) is 51.6 Å². The third-order valence-electron chi connectivity index (χ3n) is 6.71. The van der Waals surface area contributed by atoms with Crippen molar-refractivity contribution >= 4 is 5.91 Å². The third-order valence-corrected chi connectivity index (χ3v) is 6.71. The molecule has 2 saturated heterocycles. The highest BCUT2D eigenvalue weighted by Gasteiger charge is 2.30. The smallest absolute Gasteiger partial charge is 0.222 e. The molecule has 2 aliphatic heterocycles. The van der Waals surface area contributed by atoms with Crippen LogP contribution in [0.1, 0.15) is 49.1 Å². The Labute approximate surface area is 186 Å². The number of hydrogen-bond acceptors (Lipinski definition) is 5. The fourth-order valence-corrected chi connectivity index (χ4v) is 4.99. The second kappa shape index (κ2) is 10.9. The van der Waals surface area contributed by atoms with Crippen LogP contribution in [-0.2, 0) is 24.3 Å². The Hall–Kier alpha value is -2.18. The largest absolute Gasteiger partial charge is 0.360 e. The van der Waals surface area contributed by atoms with Gasteiger partial charge in [0.1, 0.15) is 0 Å². The van der Waals surface area contributed by atoms with Gasteiger partial charge < -0.3 is 14.7 Å². The number of carbonyl (C=O) groups excluding carboxylic acids is 1. The maximum atomic E-state index is 12.8. The SMILES string of the molecule is CN(Cc1ccccc1)Cc1cc(CC2CNCCC2CC(=O)N2CCCCC2)no1. The fraction of sp³-hybridized carbons (Fsp3) is 0.600. The maximum Gasteiger partial charge on any atom is 0.222 e. The van der Waals surface area contributed by atoms with Crippen molar-refractivity contribution in [3.05, 3.63) is 53.4 Å². The molecule has 4 rings (SSSR count). The van der Waals surface area contributed by atoms with Crippen molar-refractivity contribution in [1.82, 2.24) is 20.3 Å². The lowest BCUT2D eigenvalue weighted by atomic mass is 9.81. The van der Waals surface area contributed by atoms with Crippen molar-refractivity contribution in [2.75, 3.05) is 33.2 Å². The highest BCUT2D eigenvalue weighted by Crippen LogP contribution is 2.27. The average Bonchev–Trinajstić information content (AvgIpc) is 3.23. The molecule has 1 aromatic heterocycles. The highest BCUT2D eigenvalue weighted by molar-refractivity contribution is 5.76. The van der Waals surface area contributed by atoms with Gasteiger partial charge in [-0.1, -0.05) is 35.5 Å². The van der Waals surface area contributed by atoms with E-state index < -0.39 is 0 Å². The van der Waals surface area contributed by atoms with E-state index in [9.17, 15) is 4.79 Å². The van der Waals surface area contributed by atoms with Gasteiger partial charge in [0.25, 0.3) is 0 Å². The summed E-state index contributed by atoms with van der Waals surface area (Å²) in [4.78, 5) is 17.1. The van der Waals surface area contributed by atoms with Gasteiger partial charge in [0.2, 0.25) is 5.91 Å². The first-order valence-corrected chi connectivity index (χ1v) is 11.8. The van der Waals surface area contributed by atoms with Gasteiger partial charge in [0, 0.05) is 32.1 Å². The van der Waals surface area contributed by atoms with E-state index in [1.165, 1.54) is 12.0 Å². The molecule has 2 aliphatic rings. The number of hydrogen-bond donors (Lipinski definition) is 1. The molecule has 2 fully saturated rings. The van der Waals surface area contributed by atoms with Gasteiger partial charge in [-0.2, -0.15) is 0 Å². The molecule has 6 nitrogen and oxygen atoms in total. The summed E-state index contributed by atoms with van der Waals surface area (Å²) >= 11 is 0. The zero-order valence-corrected chi connectivity index (χ0v) is 18.8. The van der Waals surface area contributed by atoms with E-state index in [1.54, 1.807) is 0 Å². The molecule has 6 heteroatoms. The van der Waals surface area contributed by atoms with Gasteiger partial charge in [-0.05, 0) is 69.6 Å². The Balaban J connectivity index is 1.30. The summed E-state index contributed by atoms with van der Waals surface area (Å²) in [5.41, 5.74) is 2.30. The van der Waals surface area contributed by atoms with Gasteiger partial charge in [-0.25, -0.2) is 0 Å². The molecule has 1 aromatic carbocycles. The zero-order valence-electron chi connectivity index (χ0n) is 18.8. The summed E-state index contributed by atoms with van der Waals surface area (Å²) in [5, 5.41) is 7.86. The molecule has 0 radical (unpaired) electrons. The number of amides is 1. The molecule has 1 N–H and O–H groups in total. The number of benzene rings is 1. The number of rotatable bonds is 8. The Morgan fingerprint density at radius 2 is 1.97 bits per heavy atom. The van der Waals surface area contributed by atoms with E-state index in [0.717, 1.165) is 76.4 Å². The molecule has 0 saturated carbocycles. The van der Waals surface area contributed by atoms with Crippen LogP contribution in [0.4, 0.5) is 0 Å². The molecule has 0 aliphatic carbocycles. The van der Waals surface area contributed by atoms with E-state index in [2.05, 4.69) is 57.7 Å².